The Bertz CT molecular complexity index is 389. The van der Waals surface area contributed by atoms with Crippen LogP contribution in [0.25, 0.3) is 0 Å². The number of rotatable bonds is 4. The summed E-state index contributed by atoms with van der Waals surface area (Å²) in [4.78, 5) is 3.33. The second kappa shape index (κ2) is 6.55. The Labute approximate surface area is 118 Å². The number of benzene rings is 1. The van der Waals surface area contributed by atoms with Crippen LogP contribution in [0.3, 0.4) is 0 Å². The molecule has 2 rings (SSSR count). The van der Waals surface area contributed by atoms with Gasteiger partial charge in [0.15, 0.2) is 0 Å². The molecule has 0 aliphatic carbocycles. The van der Waals surface area contributed by atoms with Gasteiger partial charge in [-0.05, 0) is 30.7 Å². The Balaban J connectivity index is 1.75. The third-order valence-corrected chi connectivity index (χ3v) is 4.15. The molecule has 0 bridgehead atoms. The molecule has 100 valence electrons. The molecule has 4 heteroatoms. The quantitative estimate of drug-likeness (QED) is 0.770. The Kier molecular flexibility index (Phi) is 5.03. The normalized spacial score (nSPS) is 23.9. The van der Waals surface area contributed by atoms with Gasteiger partial charge in [0.1, 0.15) is 45.1 Å². The molecule has 0 spiro atoms. The van der Waals surface area contributed by atoms with Crippen molar-refractivity contribution in [2.75, 3.05) is 46.4 Å². The minimum absolute atomic E-state index is 0.816. The van der Waals surface area contributed by atoms with Crippen molar-refractivity contribution in [3.8, 4) is 5.75 Å². The van der Waals surface area contributed by atoms with Crippen LogP contribution in [-0.2, 0) is 0 Å². The molecule has 1 aromatic rings. The fourth-order valence-corrected chi connectivity index (χ4v) is 2.84. The summed E-state index contributed by atoms with van der Waals surface area (Å²) in [6.07, 6.45) is 0. The second-order valence-corrected chi connectivity index (χ2v) is 6.13. The van der Waals surface area contributed by atoms with Crippen LogP contribution in [0, 0.1) is 6.92 Å². The molecule has 0 amide bonds. The molecule has 1 heterocycles. The monoisotopic (exact) mass is 314 g/mol. The van der Waals surface area contributed by atoms with Gasteiger partial charge in [-0.3, -0.25) is 0 Å². The van der Waals surface area contributed by atoms with E-state index in [4.69, 9.17) is 4.74 Å². The van der Waals surface area contributed by atoms with Crippen molar-refractivity contribution in [1.29, 1.82) is 0 Å². The van der Waals surface area contributed by atoms with E-state index in [-0.39, 0.29) is 0 Å². The molecule has 1 aliphatic rings. The third kappa shape index (κ3) is 3.97. The molecule has 0 saturated carbocycles. The van der Waals surface area contributed by atoms with Crippen LogP contribution < -0.4 is 14.5 Å². The minimum atomic E-state index is 0.816. The predicted molar refractivity (Wildman–Crippen MR) is 76.6 cm³/mol. The van der Waals surface area contributed by atoms with Gasteiger partial charge in [0.2, 0.25) is 0 Å². The van der Waals surface area contributed by atoms with Crippen LogP contribution in [0.2, 0.25) is 0 Å². The first kappa shape index (κ1) is 13.8. The summed E-state index contributed by atoms with van der Waals surface area (Å²) >= 11 is 3.47. The van der Waals surface area contributed by atoms with E-state index in [1.165, 1.54) is 31.7 Å². The molecule has 0 aromatic heterocycles. The summed E-state index contributed by atoms with van der Waals surface area (Å²) in [5, 5.41) is 0. The van der Waals surface area contributed by atoms with Crippen LogP contribution in [0.4, 0.5) is 0 Å². The van der Waals surface area contributed by atoms with E-state index in [1.54, 1.807) is 9.80 Å². The number of hydrogen-bond donors (Lipinski definition) is 2. The average molecular weight is 315 g/mol. The Morgan fingerprint density at radius 1 is 1.22 bits per heavy atom. The first-order chi connectivity index (χ1) is 8.65. The number of halogens is 1. The van der Waals surface area contributed by atoms with Gasteiger partial charge in [-0.2, -0.15) is 0 Å². The van der Waals surface area contributed by atoms with Crippen molar-refractivity contribution in [3.63, 3.8) is 0 Å². The van der Waals surface area contributed by atoms with E-state index in [9.17, 15) is 0 Å². The van der Waals surface area contributed by atoms with Crippen molar-refractivity contribution in [2.45, 2.75) is 6.92 Å². The molecule has 18 heavy (non-hydrogen) atoms. The van der Waals surface area contributed by atoms with Gasteiger partial charge < -0.3 is 14.5 Å². The predicted octanol–water partition coefficient (Wildman–Crippen LogP) is -0.450. The van der Waals surface area contributed by atoms with Gasteiger partial charge in [0.25, 0.3) is 0 Å². The maximum Gasteiger partial charge on any atom is 0.137 e. The number of piperazine rings is 1. The van der Waals surface area contributed by atoms with Gasteiger partial charge in [-0.15, -0.1) is 0 Å². The van der Waals surface area contributed by atoms with Gasteiger partial charge in [-0.1, -0.05) is 15.9 Å². The second-order valence-electron chi connectivity index (χ2n) is 5.22. The largest absolute Gasteiger partial charge is 0.487 e. The lowest BCUT2D eigenvalue weighted by molar-refractivity contribution is -1.00. The summed E-state index contributed by atoms with van der Waals surface area (Å²) in [6.45, 7) is 9.13. The summed E-state index contributed by atoms with van der Waals surface area (Å²) in [7, 11) is 2.28. The molecule has 0 radical (unpaired) electrons. The summed E-state index contributed by atoms with van der Waals surface area (Å²) in [5.74, 6) is 1.01. The van der Waals surface area contributed by atoms with Crippen molar-refractivity contribution >= 4 is 15.9 Å². The van der Waals surface area contributed by atoms with E-state index in [0.29, 0.717) is 0 Å². The van der Waals surface area contributed by atoms with Crippen molar-refractivity contribution < 1.29 is 14.5 Å². The SMILES string of the molecule is Cc1cc(Br)ccc1OCC[NH+]1CC[NH+](C)CC1. The first-order valence-electron chi connectivity index (χ1n) is 6.69. The lowest BCUT2D eigenvalue weighted by Crippen LogP contribution is -3.27. The lowest BCUT2D eigenvalue weighted by Gasteiger charge is -2.27. The van der Waals surface area contributed by atoms with Gasteiger partial charge in [0.05, 0.1) is 7.05 Å². The molecule has 0 unspecified atom stereocenters. The van der Waals surface area contributed by atoms with Crippen molar-refractivity contribution in [3.05, 3.63) is 28.2 Å². The van der Waals surface area contributed by atoms with Crippen LogP contribution in [0.1, 0.15) is 5.56 Å². The third-order valence-electron chi connectivity index (χ3n) is 3.66. The smallest absolute Gasteiger partial charge is 0.137 e. The number of likely N-dealkylation sites (N-methyl/N-ethyl adjacent to an activating group) is 1. The van der Waals surface area contributed by atoms with Gasteiger partial charge >= 0.3 is 0 Å². The summed E-state index contributed by atoms with van der Waals surface area (Å²) in [6, 6.07) is 6.18. The number of ether oxygens (including phenoxy) is 1. The molecule has 1 aromatic carbocycles. The zero-order valence-corrected chi connectivity index (χ0v) is 12.8. The Morgan fingerprint density at radius 2 is 1.94 bits per heavy atom. The summed E-state index contributed by atoms with van der Waals surface area (Å²) < 4.78 is 6.98. The average Bonchev–Trinajstić information content (AvgIpc) is 2.34. The van der Waals surface area contributed by atoms with Crippen LogP contribution in [0.15, 0.2) is 22.7 Å². The number of aryl methyl sites for hydroxylation is 1. The van der Waals surface area contributed by atoms with Crippen LogP contribution >= 0.6 is 15.9 Å². The van der Waals surface area contributed by atoms with E-state index in [0.717, 1.165) is 23.4 Å². The molecular formula is C14H23BrN2O+2. The maximum atomic E-state index is 5.87. The van der Waals surface area contributed by atoms with Gasteiger partial charge in [0, 0.05) is 4.47 Å². The number of quaternary nitrogens is 2. The molecular weight excluding hydrogens is 292 g/mol. The highest BCUT2D eigenvalue weighted by Crippen LogP contribution is 2.21. The Morgan fingerprint density at radius 3 is 2.61 bits per heavy atom. The fourth-order valence-electron chi connectivity index (χ4n) is 2.36. The van der Waals surface area contributed by atoms with E-state index < -0.39 is 0 Å². The van der Waals surface area contributed by atoms with Crippen LogP contribution in [0.5, 0.6) is 5.75 Å². The van der Waals surface area contributed by atoms with E-state index in [1.807, 2.05) is 12.1 Å². The van der Waals surface area contributed by atoms with E-state index in [2.05, 4.69) is 36.0 Å². The molecule has 0 atom stereocenters. The topological polar surface area (TPSA) is 18.1 Å². The van der Waals surface area contributed by atoms with E-state index >= 15 is 0 Å². The molecule has 1 fully saturated rings. The minimum Gasteiger partial charge on any atom is -0.487 e. The first-order valence-corrected chi connectivity index (χ1v) is 7.48. The zero-order chi connectivity index (χ0) is 13.0. The molecule has 3 nitrogen and oxygen atoms in total. The highest BCUT2D eigenvalue weighted by molar-refractivity contribution is 9.10. The zero-order valence-electron chi connectivity index (χ0n) is 11.3. The fraction of sp³-hybridized carbons (Fsp3) is 0.571. The molecule has 1 aliphatic heterocycles. The van der Waals surface area contributed by atoms with Crippen molar-refractivity contribution in [2.24, 2.45) is 0 Å². The van der Waals surface area contributed by atoms with Gasteiger partial charge in [-0.25, -0.2) is 0 Å². The highest BCUT2D eigenvalue weighted by atomic mass is 79.9. The standard InChI is InChI=1S/C14H21BrN2O/c1-12-11-13(15)3-4-14(12)18-10-9-17-7-5-16(2)6-8-17/h3-4,11H,5-10H2,1-2H3/p+2. The maximum absolute atomic E-state index is 5.87. The summed E-state index contributed by atoms with van der Waals surface area (Å²) in [5.41, 5.74) is 1.20. The number of nitrogens with one attached hydrogen (secondary N) is 2. The molecule has 2 N–H and O–H groups in total. The lowest BCUT2D eigenvalue weighted by atomic mass is 10.2. The Hall–Kier alpha value is -0.580. The number of hydrogen-bond acceptors (Lipinski definition) is 1. The van der Waals surface area contributed by atoms with Crippen LogP contribution in [-0.4, -0.2) is 46.4 Å². The molecule has 1 saturated heterocycles. The highest BCUT2D eigenvalue weighted by Gasteiger charge is 2.19. The van der Waals surface area contributed by atoms with Crippen molar-refractivity contribution in [1.82, 2.24) is 0 Å².